The molecule has 33 heavy (non-hydrogen) atoms. The fourth-order valence-corrected chi connectivity index (χ4v) is 3.85. The predicted octanol–water partition coefficient (Wildman–Crippen LogP) is 4.39. The van der Waals surface area contributed by atoms with Gasteiger partial charge in [0.2, 0.25) is 11.8 Å². The van der Waals surface area contributed by atoms with E-state index in [1.165, 1.54) is 7.11 Å². The lowest BCUT2D eigenvalue weighted by molar-refractivity contribution is 0.386. The van der Waals surface area contributed by atoms with Crippen LogP contribution in [0.3, 0.4) is 0 Å². The molecule has 164 valence electrons. The molecule has 0 radical (unpaired) electrons. The minimum atomic E-state index is -0.674. The number of pyridine rings is 1. The first kappa shape index (κ1) is 20.6. The normalized spacial score (nSPS) is 11.1. The monoisotopic (exact) mass is 440 g/mol. The third-order valence-electron chi connectivity index (χ3n) is 5.52. The maximum atomic E-state index is 14.4. The number of aromatic amines is 1. The molecule has 2 aliphatic rings. The van der Waals surface area contributed by atoms with Crippen molar-refractivity contribution < 1.29 is 9.13 Å². The number of imidazole rings is 1. The number of aromatic nitrogens is 4. The van der Waals surface area contributed by atoms with Gasteiger partial charge in [0, 0.05) is 30.7 Å². The molecule has 7 heteroatoms. The van der Waals surface area contributed by atoms with Crippen molar-refractivity contribution >= 4 is 0 Å². The molecule has 0 atom stereocenters. The molecule has 3 heterocycles. The molecule has 5 rings (SSSR count). The summed E-state index contributed by atoms with van der Waals surface area (Å²) in [5.74, 6) is 0.0353. The van der Waals surface area contributed by atoms with Crippen molar-refractivity contribution in [3.63, 3.8) is 0 Å². The standard InChI is InChI=1S/C26H21FN4O2/c1-33-23-13-12-19(24(27)30-23)15-21-26(32)31-16-22(18-10-6-3-7-11-18)28-20(25(31)29-21)14-17-8-4-2-5-9-17/h2-13,16,28H,14-15H2,1H3. The van der Waals surface area contributed by atoms with Crippen LogP contribution in [0, 0.1) is 5.95 Å². The van der Waals surface area contributed by atoms with Crippen LogP contribution >= 0.6 is 0 Å². The molecule has 2 aliphatic heterocycles. The summed E-state index contributed by atoms with van der Waals surface area (Å²) in [5.41, 5.74) is 3.91. The van der Waals surface area contributed by atoms with Crippen molar-refractivity contribution in [1.82, 2.24) is 19.5 Å². The number of methoxy groups -OCH3 is 1. The molecule has 0 saturated carbocycles. The van der Waals surface area contributed by atoms with Gasteiger partial charge in [-0.25, -0.2) is 4.98 Å². The van der Waals surface area contributed by atoms with E-state index in [1.807, 2.05) is 60.7 Å². The van der Waals surface area contributed by atoms with Gasteiger partial charge >= 0.3 is 0 Å². The van der Waals surface area contributed by atoms with Crippen LogP contribution in [0.25, 0.3) is 17.1 Å². The fraction of sp³-hybridized carbons (Fsp3) is 0.115. The largest absolute Gasteiger partial charge is 0.481 e. The molecule has 6 nitrogen and oxygen atoms in total. The summed E-state index contributed by atoms with van der Waals surface area (Å²) < 4.78 is 20.9. The van der Waals surface area contributed by atoms with E-state index in [-0.39, 0.29) is 29.1 Å². The number of rotatable bonds is 6. The molecule has 0 aliphatic carbocycles. The highest BCUT2D eigenvalue weighted by Crippen LogP contribution is 2.24. The number of hydrogen-bond donors (Lipinski definition) is 1. The lowest BCUT2D eigenvalue weighted by Gasteiger charge is -2.13. The Labute approximate surface area is 189 Å². The number of nitrogens with zero attached hydrogens (tertiary/aromatic N) is 3. The van der Waals surface area contributed by atoms with Gasteiger partial charge in [0.15, 0.2) is 5.82 Å². The van der Waals surface area contributed by atoms with E-state index in [0.29, 0.717) is 12.2 Å². The van der Waals surface area contributed by atoms with Gasteiger partial charge in [-0.05, 0) is 17.2 Å². The van der Waals surface area contributed by atoms with Crippen LogP contribution in [0.4, 0.5) is 4.39 Å². The lowest BCUT2D eigenvalue weighted by atomic mass is 10.1. The van der Waals surface area contributed by atoms with E-state index in [9.17, 15) is 9.18 Å². The fourth-order valence-electron chi connectivity index (χ4n) is 3.85. The summed E-state index contributed by atoms with van der Waals surface area (Å²) in [6.45, 7) is 0. The van der Waals surface area contributed by atoms with Gasteiger partial charge < -0.3 is 9.72 Å². The SMILES string of the molecule is COc1ccc(Cc2nc3c(Cc4ccccc4)[nH]c(-c4ccccc4)cn-3c2=O)c(F)n1. The average molecular weight is 440 g/mol. The number of H-pyrrole nitrogens is 1. The first-order chi connectivity index (χ1) is 16.1. The lowest BCUT2D eigenvalue weighted by Crippen LogP contribution is -2.18. The molecule has 0 fully saturated rings. The topological polar surface area (TPSA) is 72.8 Å². The van der Waals surface area contributed by atoms with Gasteiger partial charge in [0.25, 0.3) is 5.56 Å². The second kappa shape index (κ2) is 8.70. The summed E-state index contributed by atoms with van der Waals surface area (Å²) in [5, 5.41) is 0. The Bertz CT molecular complexity index is 1430. The zero-order chi connectivity index (χ0) is 22.8. The number of nitrogens with one attached hydrogen (secondary N) is 1. The van der Waals surface area contributed by atoms with Crippen LogP contribution in [-0.2, 0) is 12.8 Å². The Morgan fingerprint density at radius 1 is 0.939 bits per heavy atom. The summed E-state index contributed by atoms with van der Waals surface area (Å²) in [6, 6.07) is 22.9. The molecule has 0 unspecified atom stereocenters. The molecule has 3 aromatic rings. The Kier molecular flexibility index (Phi) is 5.44. The molecular weight excluding hydrogens is 419 g/mol. The van der Waals surface area contributed by atoms with Gasteiger partial charge in [0.1, 0.15) is 5.69 Å². The second-order valence-electron chi connectivity index (χ2n) is 7.71. The van der Waals surface area contributed by atoms with E-state index >= 15 is 0 Å². The highest BCUT2D eigenvalue weighted by atomic mass is 19.1. The Balaban J connectivity index is 1.62. The van der Waals surface area contributed by atoms with Gasteiger partial charge in [-0.2, -0.15) is 9.37 Å². The summed E-state index contributed by atoms with van der Waals surface area (Å²) in [4.78, 5) is 25.1. The van der Waals surface area contributed by atoms with E-state index < -0.39 is 5.95 Å². The third-order valence-corrected chi connectivity index (χ3v) is 5.52. The van der Waals surface area contributed by atoms with Crippen molar-refractivity contribution in [2.75, 3.05) is 7.11 Å². The first-order valence-corrected chi connectivity index (χ1v) is 10.5. The molecule has 0 saturated heterocycles. The van der Waals surface area contributed by atoms with Crippen LogP contribution in [0.15, 0.2) is 83.8 Å². The van der Waals surface area contributed by atoms with Gasteiger partial charge in [-0.3, -0.25) is 9.36 Å². The maximum Gasteiger partial charge on any atom is 0.278 e. The van der Waals surface area contributed by atoms with Crippen molar-refractivity contribution in [3.8, 4) is 23.0 Å². The van der Waals surface area contributed by atoms with E-state index in [4.69, 9.17) is 4.74 Å². The van der Waals surface area contributed by atoms with Crippen molar-refractivity contribution in [1.29, 1.82) is 0 Å². The number of hydrogen-bond acceptors (Lipinski definition) is 4. The van der Waals surface area contributed by atoms with E-state index in [0.717, 1.165) is 22.5 Å². The third kappa shape index (κ3) is 4.13. The van der Waals surface area contributed by atoms with Crippen LogP contribution in [0.1, 0.15) is 22.5 Å². The molecule has 0 amide bonds. The van der Waals surface area contributed by atoms with Crippen LogP contribution in [-0.4, -0.2) is 26.6 Å². The first-order valence-electron chi connectivity index (χ1n) is 10.5. The number of ether oxygens (including phenoxy) is 1. The Morgan fingerprint density at radius 3 is 2.36 bits per heavy atom. The van der Waals surface area contributed by atoms with Crippen LogP contribution in [0.2, 0.25) is 0 Å². The second-order valence-corrected chi connectivity index (χ2v) is 7.71. The van der Waals surface area contributed by atoms with Crippen molar-refractivity contribution in [3.05, 3.63) is 118 Å². The minimum Gasteiger partial charge on any atom is -0.481 e. The number of fused-ring (bicyclic) bond motifs is 1. The predicted molar refractivity (Wildman–Crippen MR) is 124 cm³/mol. The highest BCUT2D eigenvalue weighted by molar-refractivity contribution is 5.60. The zero-order valence-corrected chi connectivity index (χ0v) is 18.0. The maximum absolute atomic E-state index is 14.4. The summed E-state index contributed by atoms with van der Waals surface area (Å²) in [6.07, 6.45) is 2.36. The van der Waals surface area contributed by atoms with E-state index in [2.05, 4.69) is 15.0 Å². The smallest absolute Gasteiger partial charge is 0.278 e. The molecule has 0 bridgehead atoms. The van der Waals surface area contributed by atoms with Crippen LogP contribution < -0.4 is 10.3 Å². The van der Waals surface area contributed by atoms with Gasteiger partial charge in [-0.1, -0.05) is 60.7 Å². The Hall–Kier alpha value is -4.26. The minimum absolute atomic E-state index is 0.0365. The average Bonchev–Trinajstić information content (AvgIpc) is 3.17. The van der Waals surface area contributed by atoms with E-state index in [1.54, 1.807) is 22.9 Å². The number of halogens is 1. The molecule has 2 aromatic carbocycles. The summed E-state index contributed by atoms with van der Waals surface area (Å²) in [7, 11) is 1.42. The molecule has 1 N–H and O–H groups in total. The quantitative estimate of drug-likeness (QED) is 0.398. The van der Waals surface area contributed by atoms with Crippen molar-refractivity contribution in [2.45, 2.75) is 12.8 Å². The number of benzene rings is 2. The Morgan fingerprint density at radius 2 is 1.67 bits per heavy atom. The van der Waals surface area contributed by atoms with Gasteiger partial charge in [0.05, 0.1) is 18.5 Å². The zero-order valence-electron chi connectivity index (χ0n) is 18.0. The van der Waals surface area contributed by atoms with Crippen LogP contribution in [0.5, 0.6) is 5.88 Å². The molecule has 0 spiro atoms. The molecule has 1 aromatic heterocycles. The molecular formula is C26H21FN4O2. The van der Waals surface area contributed by atoms with Gasteiger partial charge in [-0.15, -0.1) is 0 Å². The summed E-state index contributed by atoms with van der Waals surface area (Å²) >= 11 is 0. The van der Waals surface area contributed by atoms with Crippen molar-refractivity contribution in [2.24, 2.45) is 0 Å². The highest BCUT2D eigenvalue weighted by Gasteiger charge is 2.21.